The Morgan fingerprint density at radius 2 is 1.84 bits per heavy atom. The molecule has 0 radical (unpaired) electrons. The van der Waals surface area contributed by atoms with Gasteiger partial charge in [0.25, 0.3) is 0 Å². The maximum absolute atomic E-state index is 6.22. The van der Waals surface area contributed by atoms with E-state index in [9.17, 15) is 0 Å². The van der Waals surface area contributed by atoms with Crippen molar-refractivity contribution in [2.24, 2.45) is 4.99 Å². The van der Waals surface area contributed by atoms with E-state index in [1.807, 2.05) is 18.2 Å². The zero-order valence-corrected chi connectivity index (χ0v) is 14.3. The maximum Gasteiger partial charge on any atom is 0.192 e. The Labute approximate surface area is 123 Å². The fraction of sp³-hybridized carbons (Fsp3) is 0.533. The molecule has 0 aliphatic heterocycles. The highest BCUT2D eigenvalue weighted by Gasteiger charge is 2.37. The topological polar surface area (TPSA) is 21.6 Å². The van der Waals surface area contributed by atoms with Crippen LogP contribution in [0.2, 0.25) is 18.1 Å². The predicted molar refractivity (Wildman–Crippen MR) is 87.4 cm³/mol. The molecule has 0 aliphatic rings. The molecule has 1 aromatic rings. The standard InChI is InChI=1S/C15H23NOSSi/c1-15(2,3)19(4,5)17-11-14(16-12-18)13-9-7-6-8-10-13/h6-10,14H,11H2,1-5H3/t14-/m1/s1. The molecule has 0 spiro atoms. The minimum atomic E-state index is -1.75. The second kappa shape index (κ2) is 6.57. The molecule has 0 N–H and O–H groups in total. The van der Waals surface area contributed by atoms with E-state index in [0.717, 1.165) is 5.56 Å². The van der Waals surface area contributed by atoms with Crippen molar-refractivity contribution in [3.05, 3.63) is 35.9 Å². The maximum atomic E-state index is 6.22. The molecule has 0 fully saturated rings. The molecule has 19 heavy (non-hydrogen) atoms. The van der Waals surface area contributed by atoms with Gasteiger partial charge < -0.3 is 4.43 Å². The molecule has 0 saturated carbocycles. The number of isothiocyanates is 1. The van der Waals surface area contributed by atoms with Crippen LogP contribution in [-0.4, -0.2) is 20.1 Å². The molecule has 1 atom stereocenters. The molecule has 1 rings (SSSR count). The van der Waals surface area contributed by atoms with E-state index >= 15 is 0 Å². The van der Waals surface area contributed by atoms with E-state index in [2.05, 4.69) is 56.2 Å². The molecule has 4 heteroatoms. The highest BCUT2D eigenvalue weighted by molar-refractivity contribution is 7.78. The molecular weight excluding hydrogens is 270 g/mol. The number of thiocarbonyl (C=S) groups is 1. The third-order valence-electron chi connectivity index (χ3n) is 3.80. The van der Waals surface area contributed by atoms with Crippen molar-refractivity contribution in [2.45, 2.75) is 44.9 Å². The van der Waals surface area contributed by atoms with Crippen LogP contribution >= 0.6 is 12.2 Å². The second-order valence-electron chi connectivity index (χ2n) is 6.22. The SMILES string of the molecule is CC(C)(C)[Si](C)(C)OC[C@@H](N=C=S)c1ccccc1. The summed E-state index contributed by atoms with van der Waals surface area (Å²) in [5.74, 6) is 0. The van der Waals surface area contributed by atoms with Gasteiger partial charge in [-0.3, -0.25) is 0 Å². The summed E-state index contributed by atoms with van der Waals surface area (Å²) in [6.45, 7) is 11.8. The molecule has 0 amide bonds. The van der Waals surface area contributed by atoms with Crippen molar-refractivity contribution < 1.29 is 4.43 Å². The molecule has 0 aliphatic carbocycles. The van der Waals surface area contributed by atoms with Gasteiger partial charge in [-0.2, -0.15) is 0 Å². The lowest BCUT2D eigenvalue weighted by Crippen LogP contribution is -2.41. The van der Waals surface area contributed by atoms with E-state index in [0.29, 0.717) is 6.61 Å². The van der Waals surface area contributed by atoms with E-state index in [1.54, 1.807) is 0 Å². The van der Waals surface area contributed by atoms with Gasteiger partial charge in [0.2, 0.25) is 0 Å². The van der Waals surface area contributed by atoms with Crippen molar-refractivity contribution in [1.82, 2.24) is 0 Å². The van der Waals surface area contributed by atoms with Gasteiger partial charge in [-0.1, -0.05) is 51.1 Å². The number of hydrogen-bond donors (Lipinski definition) is 0. The van der Waals surface area contributed by atoms with Gasteiger partial charge in [-0.15, -0.1) is 0 Å². The normalized spacial score (nSPS) is 13.7. The number of nitrogens with zero attached hydrogens (tertiary/aromatic N) is 1. The molecule has 104 valence electrons. The Hall–Kier alpha value is -0.803. The minimum Gasteiger partial charge on any atom is -0.414 e. The summed E-state index contributed by atoms with van der Waals surface area (Å²) in [4.78, 5) is 4.24. The highest BCUT2D eigenvalue weighted by Crippen LogP contribution is 2.37. The molecule has 0 heterocycles. The van der Waals surface area contributed by atoms with E-state index in [4.69, 9.17) is 16.6 Å². The Balaban J connectivity index is 2.80. The van der Waals surface area contributed by atoms with Crippen molar-refractivity contribution in [3.8, 4) is 0 Å². The number of benzene rings is 1. The summed E-state index contributed by atoms with van der Waals surface area (Å²) in [6.07, 6.45) is 0. The first kappa shape index (κ1) is 16.3. The molecule has 0 saturated heterocycles. The predicted octanol–water partition coefficient (Wildman–Crippen LogP) is 4.85. The summed E-state index contributed by atoms with van der Waals surface area (Å²) in [6, 6.07) is 10.1. The van der Waals surface area contributed by atoms with Crippen molar-refractivity contribution in [1.29, 1.82) is 0 Å². The van der Waals surface area contributed by atoms with Gasteiger partial charge in [0, 0.05) is 0 Å². The van der Waals surface area contributed by atoms with Crippen LogP contribution < -0.4 is 0 Å². The van der Waals surface area contributed by atoms with Crippen LogP contribution in [0, 0.1) is 0 Å². The van der Waals surface area contributed by atoms with Crippen LogP contribution in [0.1, 0.15) is 32.4 Å². The van der Waals surface area contributed by atoms with Gasteiger partial charge >= 0.3 is 0 Å². The molecular formula is C15H23NOSSi. The first-order chi connectivity index (χ1) is 8.78. The number of aliphatic imine (C=N–C) groups is 1. The van der Waals surface area contributed by atoms with Crippen LogP contribution in [0.3, 0.4) is 0 Å². The number of hydrogen-bond acceptors (Lipinski definition) is 3. The summed E-state index contributed by atoms with van der Waals surface area (Å²) in [5, 5.41) is 2.69. The summed E-state index contributed by atoms with van der Waals surface area (Å²) in [5.41, 5.74) is 1.12. The molecule has 0 unspecified atom stereocenters. The average Bonchev–Trinajstić information content (AvgIpc) is 2.34. The molecule has 2 nitrogen and oxygen atoms in total. The monoisotopic (exact) mass is 293 g/mol. The minimum absolute atomic E-state index is 0.0483. The van der Waals surface area contributed by atoms with Crippen LogP contribution in [0.25, 0.3) is 0 Å². The van der Waals surface area contributed by atoms with Crippen LogP contribution in [-0.2, 0) is 4.43 Å². The van der Waals surface area contributed by atoms with Gasteiger partial charge in [-0.05, 0) is 35.9 Å². The van der Waals surface area contributed by atoms with Crippen molar-refractivity contribution in [2.75, 3.05) is 6.61 Å². The summed E-state index contributed by atoms with van der Waals surface area (Å²) >= 11 is 4.75. The Morgan fingerprint density at radius 1 is 1.26 bits per heavy atom. The van der Waals surface area contributed by atoms with E-state index in [1.165, 1.54) is 0 Å². The molecule has 1 aromatic carbocycles. The smallest absolute Gasteiger partial charge is 0.192 e. The quantitative estimate of drug-likeness (QED) is 0.439. The fourth-order valence-electron chi connectivity index (χ4n) is 1.45. The Morgan fingerprint density at radius 3 is 2.32 bits per heavy atom. The van der Waals surface area contributed by atoms with Crippen molar-refractivity contribution in [3.63, 3.8) is 0 Å². The number of rotatable bonds is 5. The van der Waals surface area contributed by atoms with E-state index < -0.39 is 8.32 Å². The summed E-state index contributed by atoms with van der Waals surface area (Å²) in [7, 11) is -1.75. The fourth-order valence-corrected chi connectivity index (χ4v) is 2.59. The van der Waals surface area contributed by atoms with Crippen LogP contribution in [0.15, 0.2) is 35.3 Å². The lowest BCUT2D eigenvalue weighted by Gasteiger charge is -2.36. The second-order valence-corrected chi connectivity index (χ2v) is 11.2. The lowest BCUT2D eigenvalue weighted by atomic mass is 10.1. The Kier molecular flexibility index (Phi) is 5.62. The first-order valence-corrected chi connectivity index (χ1v) is 9.85. The van der Waals surface area contributed by atoms with Crippen LogP contribution in [0.4, 0.5) is 0 Å². The van der Waals surface area contributed by atoms with Crippen LogP contribution in [0.5, 0.6) is 0 Å². The van der Waals surface area contributed by atoms with Gasteiger partial charge in [0.05, 0.1) is 11.8 Å². The molecule has 0 aromatic heterocycles. The van der Waals surface area contributed by atoms with Gasteiger partial charge in [0.1, 0.15) is 6.04 Å². The van der Waals surface area contributed by atoms with Crippen molar-refractivity contribution >= 4 is 25.7 Å². The summed E-state index contributed by atoms with van der Waals surface area (Å²) < 4.78 is 6.22. The van der Waals surface area contributed by atoms with E-state index in [-0.39, 0.29) is 11.1 Å². The third kappa shape index (κ3) is 4.66. The first-order valence-electron chi connectivity index (χ1n) is 6.54. The third-order valence-corrected chi connectivity index (χ3v) is 8.41. The average molecular weight is 294 g/mol. The Bertz CT molecular complexity index is 447. The lowest BCUT2D eigenvalue weighted by molar-refractivity contribution is 0.266. The zero-order chi connectivity index (χ0) is 14.5. The largest absolute Gasteiger partial charge is 0.414 e. The van der Waals surface area contributed by atoms with Gasteiger partial charge in [-0.25, -0.2) is 4.99 Å². The zero-order valence-electron chi connectivity index (χ0n) is 12.4. The van der Waals surface area contributed by atoms with Gasteiger partial charge in [0.15, 0.2) is 8.32 Å². The highest BCUT2D eigenvalue weighted by atomic mass is 32.1. The molecule has 0 bridgehead atoms.